The van der Waals surface area contributed by atoms with E-state index in [1.807, 2.05) is 0 Å². The quantitative estimate of drug-likeness (QED) is 0.574. The van der Waals surface area contributed by atoms with Gasteiger partial charge in [-0.3, -0.25) is 4.18 Å². The maximum Gasteiger partial charge on any atom is 0.264 e. The maximum absolute atomic E-state index is 10.5. The SMILES string of the molecule is CS(=O)(=O)OC[C@H]1CCOC1. The Hall–Kier alpha value is -0.130. The summed E-state index contributed by atoms with van der Waals surface area (Å²) in [7, 11) is -3.27. The van der Waals surface area contributed by atoms with Crippen LogP contribution in [-0.4, -0.2) is 34.5 Å². The van der Waals surface area contributed by atoms with Crippen LogP contribution >= 0.6 is 0 Å². The lowest BCUT2D eigenvalue weighted by atomic mass is 10.1. The first-order valence-electron chi connectivity index (χ1n) is 3.50. The Morgan fingerprint density at radius 3 is 2.82 bits per heavy atom. The Morgan fingerprint density at radius 1 is 1.64 bits per heavy atom. The molecular formula is C6H12O4S. The predicted molar refractivity (Wildman–Crippen MR) is 39.7 cm³/mol. The molecule has 1 fully saturated rings. The van der Waals surface area contributed by atoms with Gasteiger partial charge in [0.2, 0.25) is 0 Å². The summed E-state index contributed by atoms with van der Waals surface area (Å²) in [4.78, 5) is 0. The summed E-state index contributed by atoms with van der Waals surface area (Å²) in [6, 6.07) is 0. The van der Waals surface area contributed by atoms with E-state index in [0.29, 0.717) is 6.61 Å². The molecule has 0 aliphatic carbocycles. The van der Waals surface area contributed by atoms with Crippen molar-refractivity contribution in [2.24, 2.45) is 5.92 Å². The van der Waals surface area contributed by atoms with Crippen LogP contribution in [0.3, 0.4) is 0 Å². The Bertz CT molecular complexity index is 203. The van der Waals surface area contributed by atoms with Crippen molar-refractivity contribution in [2.45, 2.75) is 6.42 Å². The third-order valence-corrected chi connectivity index (χ3v) is 2.11. The number of hydrogen-bond acceptors (Lipinski definition) is 4. The van der Waals surface area contributed by atoms with Crippen LogP contribution in [0.15, 0.2) is 0 Å². The molecule has 0 bridgehead atoms. The van der Waals surface area contributed by atoms with Crippen molar-refractivity contribution < 1.29 is 17.3 Å². The molecule has 0 saturated carbocycles. The highest BCUT2D eigenvalue weighted by Crippen LogP contribution is 2.12. The van der Waals surface area contributed by atoms with Gasteiger partial charge in [-0.25, -0.2) is 0 Å². The molecule has 4 nitrogen and oxygen atoms in total. The monoisotopic (exact) mass is 180 g/mol. The molecule has 1 aliphatic heterocycles. The van der Waals surface area contributed by atoms with Crippen molar-refractivity contribution in [3.8, 4) is 0 Å². The van der Waals surface area contributed by atoms with Crippen LogP contribution in [0.2, 0.25) is 0 Å². The van der Waals surface area contributed by atoms with Crippen LogP contribution in [0, 0.1) is 5.92 Å². The second-order valence-corrected chi connectivity index (χ2v) is 4.36. The van der Waals surface area contributed by atoms with Crippen molar-refractivity contribution in [1.82, 2.24) is 0 Å². The summed E-state index contributed by atoms with van der Waals surface area (Å²) >= 11 is 0. The lowest BCUT2D eigenvalue weighted by Gasteiger charge is -2.05. The van der Waals surface area contributed by atoms with Crippen LogP contribution in [0.4, 0.5) is 0 Å². The normalized spacial score (nSPS) is 25.7. The summed E-state index contributed by atoms with van der Waals surface area (Å²) in [5.74, 6) is 0.254. The minimum Gasteiger partial charge on any atom is -0.381 e. The largest absolute Gasteiger partial charge is 0.381 e. The molecule has 1 heterocycles. The van der Waals surface area contributed by atoms with Gasteiger partial charge in [-0.2, -0.15) is 8.42 Å². The number of rotatable bonds is 3. The molecule has 0 unspecified atom stereocenters. The van der Waals surface area contributed by atoms with E-state index in [2.05, 4.69) is 4.18 Å². The average Bonchev–Trinajstić information content (AvgIpc) is 2.32. The molecule has 0 aromatic carbocycles. The Morgan fingerprint density at radius 2 is 2.36 bits per heavy atom. The van der Waals surface area contributed by atoms with Gasteiger partial charge in [0.25, 0.3) is 10.1 Å². The third-order valence-electron chi connectivity index (χ3n) is 1.54. The topological polar surface area (TPSA) is 52.6 Å². The molecule has 0 amide bonds. The summed E-state index contributed by atoms with van der Waals surface area (Å²) in [6.45, 7) is 1.60. The predicted octanol–water partition coefficient (Wildman–Crippen LogP) is -0.000900. The molecular weight excluding hydrogens is 168 g/mol. The average molecular weight is 180 g/mol. The first-order valence-corrected chi connectivity index (χ1v) is 5.32. The van der Waals surface area contributed by atoms with E-state index in [-0.39, 0.29) is 12.5 Å². The van der Waals surface area contributed by atoms with Crippen molar-refractivity contribution >= 4 is 10.1 Å². The van der Waals surface area contributed by atoms with E-state index in [0.717, 1.165) is 19.3 Å². The minimum absolute atomic E-state index is 0.254. The lowest BCUT2D eigenvalue weighted by Crippen LogP contribution is -2.13. The fourth-order valence-corrected chi connectivity index (χ4v) is 1.37. The molecule has 1 saturated heterocycles. The van der Waals surface area contributed by atoms with E-state index in [1.54, 1.807) is 0 Å². The van der Waals surface area contributed by atoms with Gasteiger partial charge in [0.05, 0.1) is 19.5 Å². The summed E-state index contributed by atoms with van der Waals surface area (Å²) in [5, 5.41) is 0. The number of hydrogen-bond donors (Lipinski definition) is 0. The zero-order valence-corrected chi connectivity index (χ0v) is 7.26. The van der Waals surface area contributed by atoms with Gasteiger partial charge < -0.3 is 4.74 Å². The summed E-state index contributed by atoms with van der Waals surface area (Å²) in [5.41, 5.74) is 0. The molecule has 5 heteroatoms. The molecule has 0 aromatic heterocycles. The van der Waals surface area contributed by atoms with Gasteiger partial charge in [-0.1, -0.05) is 0 Å². The molecule has 1 aliphatic rings. The third kappa shape index (κ3) is 3.69. The van der Waals surface area contributed by atoms with Crippen LogP contribution < -0.4 is 0 Å². The van der Waals surface area contributed by atoms with Crippen LogP contribution in [0.5, 0.6) is 0 Å². The fourth-order valence-electron chi connectivity index (χ4n) is 0.935. The van der Waals surface area contributed by atoms with Gasteiger partial charge in [-0.05, 0) is 6.42 Å². The Labute approximate surface area is 66.6 Å². The van der Waals surface area contributed by atoms with Gasteiger partial charge in [-0.15, -0.1) is 0 Å². The van der Waals surface area contributed by atoms with Crippen molar-refractivity contribution in [3.05, 3.63) is 0 Å². The highest BCUT2D eigenvalue weighted by Gasteiger charge is 2.17. The van der Waals surface area contributed by atoms with Crippen molar-refractivity contribution in [3.63, 3.8) is 0 Å². The van der Waals surface area contributed by atoms with Crippen molar-refractivity contribution in [2.75, 3.05) is 26.1 Å². The standard InChI is InChI=1S/C6H12O4S/c1-11(7,8)10-5-6-2-3-9-4-6/h6H,2-5H2,1H3/t6-/m0/s1. The molecule has 0 radical (unpaired) electrons. The highest BCUT2D eigenvalue weighted by molar-refractivity contribution is 7.85. The molecule has 0 aromatic rings. The van der Waals surface area contributed by atoms with Crippen LogP contribution in [-0.2, 0) is 19.0 Å². The Balaban J connectivity index is 2.22. The van der Waals surface area contributed by atoms with E-state index in [1.165, 1.54) is 0 Å². The van der Waals surface area contributed by atoms with Gasteiger partial charge in [0.1, 0.15) is 0 Å². The van der Waals surface area contributed by atoms with Crippen LogP contribution in [0.25, 0.3) is 0 Å². The Kier molecular flexibility index (Phi) is 2.86. The van der Waals surface area contributed by atoms with Crippen molar-refractivity contribution in [1.29, 1.82) is 0 Å². The molecule has 0 N–H and O–H groups in total. The highest BCUT2D eigenvalue weighted by atomic mass is 32.2. The molecule has 1 rings (SSSR count). The second-order valence-electron chi connectivity index (χ2n) is 2.72. The maximum atomic E-state index is 10.5. The summed E-state index contributed by atoms with van der Waals surface area (Å²) in [6.07, 6.45) is 1.96. The van der Waals surface area contributed by atoms with Gasteiger partial charge in [0, 0.05) is 12.5 Å². The van der Waals surface area contributed by atoms with Crippen LogP contribution in [0.1, 0.15) is 6.42 Å². The zero-order chi connectivity index (χ0) is 8.32. The number of ether oxygens (including phenoxy) is 1. The van der Waals surface area contributed by atoms with E-state index >= 15 is 0 Å². The lowest BCUT2D eigenvalue weighted by molar-refractivity contribution is 0.169. The first kappa shape index (κ1) is 8.96. The minimum atomic E-state index is -3.27. The molecule has 0 spiro atoms. The smallest absolute Gasteiger partial charge is 0.264 e. The molecule has 11 heavy (non-hydrogen) atoms. The first-order chi connectivity index (χ1) is 5.08. The fraction of sp³-hybridized carbons (Fsp3) is 1.00. The molecule has 66 valence electrons. The van der Waals surface area contributed by atoms with Gasteiger partial charge in [0.15, 0.2) is 0 Å². The zero-order valence-electron chi connectivity index (χ0n) is 6.45. The summed E-state index contributed by atoms with van der Waals surface area (Å²) < 4.78 is 30.7. The van der Waals surface area contributed by atoms with Gasteiger partial charge >= 0.3 is 0 Å². The van der Waals surface area contributed by atoms with E-state index in [4.69, 9.17) is 4.74 Å². The molecule has 1 atom stereocenters. The second kappa shape index (κ2) is 3.51. The van der Waals surface area contributed by atoms with E-state index < -0.39 is 10.1 Å². The van der Waals surface area contributed by atoms with E-state index in [9.17, 15) is 8.42 Å².